The number of alkyl carbamates (subject to hydrolysis) is 1. The second-order valence-corrected chi connectivity index (χ2v) is 8.17. The summed E-state index contributed by atoms with van der Waals surface area (Å²) >= 11 is 0. The number of carbonyl (C=O) groups excluding carboxylic acids is 4. The second kappa shape index (κ2) is 12.9. The van der Waals surface area contributed by atoms with E-state index in [1.54, 1.807) is 69.5 Å². The van der Waals surface area contributed by atoms with Crippen LogP contribution >= 0.6 is 0 Å². The van der Waals surface area contributed by atoms with Gasteiger partial charge in [0.15, 0.2) is 5.71 Å². The van der Waals surface area contributed by atoms with Gasteiger partial charge < -0.3 is 24.4 Å². The van der Waals surface area contributed by atoms with Gasteiger partial charge in [-0.2, -0.15) is 0 Å². The van der Waals surface area contributed by atoms with Gasteiger partial charge in [0.1, 0.15) is 17.4 Å². The molecule has 0 saturated heterocycles. The van der Waals surface area contributed by atoms with Crippen LogP contribution in [0.4, 0.5) is 4.79 Å². The molecule has 0 fully saturated rings. The van der Waals surface area contributed by atoms with Crippen LogP contribution in [0.25, 0.3) is 0 Å². The minimum absolute atomic E-state index is 0.0738. The average molecular weight is 483 g/mol. The molecule has 10 heteroatoms. The number of carbonyl (C=O) groups is 3. The lowest BCUT2D eigenvalue weighted by molar-refractivity contribution is -0.143. The maximum Gasteiger partial charge on any atom is 0.408 e. The first kappa shape index (κ1) is 27.0. The van der Waals surface area contributed by atoms with E-state index in [4.69, 9.17) is 19.0 Å². The van der Waals surface area contributed by atoms with Gasteiger partial charge in [0.25, 0.3) is 6.29 Å². The molecule has 1 N–H and O–H groups in total. The van der Waals surface area contributed by atoms with Gasteiger partial charge in [-0.1, -0.05) is 23.4 Å². The Hall–Kier alpha value is -4.21. The predicted molar refractivity (Wildman–Crippen MR) is 126 cm³/mol. The van der Waals surface area contributed by atoms with E-state index in [0.29, 0.717) is 11.3 Å². The van der Waals surface area contributed by atoms with E-state index in [1.165, 1.54) is 19.2 Å². The first-order chi connectivity index (χ1) is 16.6. The Balaban J connectivity index is 1.94. The molecule has 185 valence electrons. The number of oxime groups is 1. The van der Waals surface area contributed by atoms with Crippen molar-refractivity contribution in [3.63, 3.8) is 0 Å². The molecule has 1 radical (unpaired) electrons. The molecule has 1 atom stereocenters. The molecule has 1 unspecified atom stereocenters. The third kappa shape index (κ3) is 9.28. The van der Waals surface area contributed by atoms with Gasteiger partial charge in [0, 0.05) is 12.0 Å². The number of methoxy groups -OCH3 is 1. The Bertz CT molecular complexity index is 1040. The molecule has 10 nitrogen and oxygen atoms in total. The summed E-state index contributed by atoms with van der Waals surface area (Å²) in [6.07, 6.45) is 1.01. The molecule has 35 heavy (non-hydrogen) atoms. The molecule has 2 aromatic carbocycles. The van der Waals surface area contributed by atoms with Gasteiger partial charge in [-0.25, -0.2) is 14.4 Å². The van der Waals surface area contributed by atoms with Gasteiger partial charge in [0.2, 0.25) is 0 Å². The monoisotopic (exact) mass is 483 g/mol. The lowest BCUT2D eigenvalue weighted by atomic mass is 10.1. The highest BCUT2D eigenvalue weighted by Crippen LogP contribution is 2.14. The third-order valence-electron chi connectivity index (χ3n) is 4.31. The van der Waals surface area contributed by atoms with Gasteiger partial charge in [-0.15, -0.1) is 0 Å². The summed E-state index contributed by atoms with van der Waals surface area (Å²) in [5.41, 5.74) is -0.277. The Morgan fingerprint density at radius 2 is 1.66 bits per heavy atom. The van der Waals surface area contributed by atoms with Gasteiger partial charge in [-0.05, 0) is 57.2 Å². The fourth-order valence-electron chi connectivity index (χ4n) is 2.69. The molecule has 0 spiro atoms. The van der Waals surface area contributed by atoms with Crippen molar-refractivity contribution in [3.8, 4) is 5.75 Å². The maximum absolute atomic E-state index is 12.0. The van der Waals surface area contributed by atoms with Crippen LogP contribution in [0.5, 0.6) is 5.75 Å². The number of rotatable bonds is 10. The first-order valence-electron chi connectivity index (χ1n) is 10.7. The molecular formula is C25H27N2O8. The van der Waals surface area contributed by atoms with E-state index in [1.807, 2.05) is 0 Å². The van der Waals surface area contributed by atoms with Crippen molar-refractivity contribution in [3.05, 3.63) is 65.7 Å². The van der Waals surface area contributed by atoms with Crippen LogP contribution in [0, 0.1) is 0 Å². The van der Waals surface area contributed by atoms with Crippen LogP contribution in [0.3, 0.4) is 0 Å². The summed E-state index contributed by atoms with van der Waals surface area (Å²) < 4.78 is 15.5. The Morgan fingerprint density at radius 3 is 2.23 bits per heavy atom. The molecular weight excluding hydrogens is 456 g/mol. The van der Waals surface area contributed by atoms with Gasteiger partial charge in [0.05, 0.1) is 19.3 Å². The summed E-state index contributed by atoms with van der Waals surface area (Å²) in [7, 11) is 1.21. The van der Waals surface area contributed by atoms with E-state index in [-0.39, 0.29) is 24.3 Å². The molecule has 0 aliphatic carbocycles. The van der Waals surface area contributed by atoms with E-state index in [9.17, 15) is 19.2 Å². The normalized spacial score (nSPS) is 12.2. The topological polar surface area (TPSA) is 130 Å². The van der Waals surface area contributed by atoms with Crippen LogP contribution in [0.1, 0.15) is 43.1 Å². The first-order valence-corrected chi connectivity index (χ1v) is 10.7. The number of hydrogen-bond donors (Lipinski definition) is 1. The molecule has 0 aliphatic rings. The van der Waals surface area contributed by atoms with Crippen molar-refractivity contribution in [1.29, 1.82) is 0 Å². The predicted octanol–water partition coefficient (Wildman–Crippen LogP) is 3.19. The third-order valence-corrected chi connectivity index (χ3v) is 4.31. The van der Waals surface area contributed by atoms with Crippen molar-refractivity contribution in [2.24, 2.45) is 5.16 Å². The van der Waals surface area contributed by atoms with Crippen molar-refractivity contribution in [2.45, 2.75) is 38.8 Å². The fourth-order valence-corrected chi connectivity index (χ4v) is 2.69. The van der Waals surface area contributed by atoms with Gasteiger partial charge >= 0.3 is 18.0 Å². The molecule has 1 amide bonds. The number of hydrogen-bond acceptors (Lipinski definition) is 9. The molecule has 0 bridgehead atoms. The quantitative estimate of drug-likeness (QED) is 0.236. The average Bonchev–Trinajstić information content (AvgIpc) is 2.83. The zero-order valence-corrected chi connectivity index (χ0v) is 19.9. The fraction of sp³-hybridized carbons (Fsp3) is 0.320. The van der Waals surface area contributed by atoms with Crippen LogP contribution < -0.4 is 10.1 Å². The Kier molecular flexibility index (Phi) is 9.95. The van der Waals surface area contributed by atoms with Crippen molar-refractivity contribution in [2.75, 3.05) is 13.7 Å². The SMILES string of the molecule is COC(=O)C(CCOc1ccc(/C([C]=O)=N\OC(=O)c2ccccc2)cc1)NC(=O)OC(C)(C)C. The molecule has 2 aromatic rings. The molecule has 0 aromatic heterocycles. The number of ether oxygens (including phenoxy) is 3. The van der Waals surface area contributed by atoms with Crippen LogP contribution in [-0.4, -0.2) is 55.4 Å². The van der Waals surface area contributed by atoms with E-state index in [0.717, 1.165) is 0 Å². The van der Waals surface area contributed by atoms with Crippen molar-refractivity contribution < 1.29 is 38.2 Å². The largest absolute Gasteiger partial charge is 0.494 e. The minimum Gasteiger partial charge on any atom is -0.494 e. The number of esters is 1. The van der Waals surface area contributed by atoms with Crippen molar-refractivity contribution in [1.82, 2.24) is 5.32 Å². The van der Waals surface area contributed by atoms with Crippen LogP contribution in [0.15, 0.2) is 59.8 Å². The van der Waals surface area contributed by atoms with Crippen molar-refractivity contribution >= 4 is 30.0 Å². The maximum atomic E-state index is 12.0. The smallest absolute Gasteiger partial charge is 0.408 e. The van der Waals surface area contributed by atoms with E-state index < -0.39 is 29.7 Å². The molecule has 0 aliphatic heterocycles. The van der Waals surface area contributed by atoms with Crippen LogP contribution in [-0.2, 0) is 23.9 Å². The lowest BCUT2D eigenvalue weighted by Gasteiger charge is -2.22. The molecule has 0 heterocycles. The number of nitrogens with zero attached hydrogens (tertiary/aromatic N) is 1. The summed E-state index contributed by atoms with van der Waals surface area (Å²) in [4.78, 5) is 52.0. The standard InChI is InChI=1S/C25H27N2O8/c1-25(2,3)34-24(31)26-20(23(30)32-4)14-15-33-19-12-10-17(11-13-19)21(16-28)27-35-22(29)18-8-6-5-7-9-18/h5-13,20H,14-15H2,1-4H3,(H,26,31)/b27-21-. The highest BCUT2D eigenvalue weighted by atomic mass is 16.7. The summed E-state index contributed by atoms with van der Waals surface area (Å²) in [6, 6.07) is 13.5. The number of nitrogens with one attached hydrogen (secondary N) is 1. The number of amides is 1. The number of benzene rings is 2. The summed E-state index contributed by atoms with van der Waals surface area (Å²) in [5.74, 6) is -0.915. The molecule has 2 rings (SSSR count). The Morgan fingerprint density at radius 1 is 1.00 bits per heavy atom. The molecule has 0 saturated carbocycles. The minimum atomic E-state index is -0.961. The Labute approximate surface area is 203 Å². The lowest BCUT2D eigenvalue weighted by Crippen LogP contribution is -2.44. The van der Waals surface area contributed by atoms with E-state index >= 15 is 0 Å². The summed E-state index contributed by atoms with van der Waals surface area (Å²) in [6.45, 7) is 5.19. The van der Waals surface area contributed by atoms with Gasteiger partial charge in [-0.3, -0.25) is 4.79 Å². The summed E-state index contributed by atoms with van der Waals surface area (Å²) in [5, 5.41) is 6.05. The highest BCUT2D eigenvalue weighted by molar-refractivity contribution is 6.36. The van der Waals surface area contributed by atoms with Crippen LogP contribution in [0.2, 0.25) is 0 Å². The zero-order valence-electron chi connectivity index (χ0n) is 19.9. The zero-order chi connectivity index (χ0) is 25.8. The van der Waals surface area contributed by atoms with E-state index in [2.05, 4.69) is 10.5 Å². The second-order valence-electron chi connectivity index (χ2n) is 8.17. The highest BCUT2D eigenvalue weighted by Gasteiger charge is 2.25.